The Hall–Kier alpha value is -0.0800. The minimum atomic E-state index is 0. The van der Waals surface area contributed by atoms with Crippen LogP contribution in [0.15, 0.2) is 4.99 Å². The first-order chi connectivity index (χ1) is 11.8. The van der Waals surface area contributed by atoms with E-state index in [0.29, 0.717) is 6.10 Å². The van der Waals surface area contributed by atoms with Crippen LogP contribution >= 0.6 is 24.0 Å². The molecular weight excluding hydrogens is 427 g/mol. The lowest BCUT2D eigenvalue weighted by molar-refractivity contribution is 0.0468. The van der Waals surface area contributed by atoms with Gasteiger partial charge < -0.3 is 20.3 Å². The maximum absolute atomic E-state index is 6.00. The molecule has 1 aliphatic rings. The molecule has 0 atom stereocenters. The van der Waals surface area contributed by atoms with E-state index in [1.165, 1.54) is 57.9 Å². The monoisotopic (exact) mass is 468 g/mol. The van der Waals surface area contributed by atoms with Crippen molar-refractivity contribution in [2.75, 3.05) is 46.4 Å². The van der Waals surface area contributed by atoms with E-state index in [1.807, 2.05) is 7.05 Å². The summed E-state index contributed by atoms with van der Waals surface area (Å²) in [7, 11) is 1.83. The van der Waals surface area contributed by atoms with Crippen LogP contribution in [0, 0.1) is 0 Å². The lowest BCUT2D eigenvalue weighted by atomic mass is 10.1. The number of rotatable bonds is 11. The highest BCUT2D eigenvalue weighted by atomic mass is 127. The SMILES string of the molecule is CCN(CC)CCCCNC(=NC)NCCOC1CCCCCC1.I. The third-order valence-electron chi connectivity index (χ3n) is 4.86. The van der Waals surface area contributed by atoms with Crippen LogP contribution in [-0.2, 0) is 4.74 Å². The molecule has 0 spiro atoms. The predicted octanol–water partition coefficient (Wildman–Crippen LogP) is 3.63. The number of nitrogens with one attached hydrogen (secondary N) is 2. The molecule has 25 heavy (non-hydrogen) atoms. The zero-order valence-corrected chi connectivity index (χ0v) is 19.0. The van der Waals surface area contributed by atoms with Crippen molar-refractivity contribution in [2.45, 2.75) is 71.3 Å². The summed E-state index contributed by atoms with van der Waals surface area (Å²) in [5.41, 5.74) is 0. The highest BCUT2D eigenvalue weighted by molar-refractivity contribution is 14.0. The van der Waals surface area contributed by atoms with Gasteiger partial charge in [-0.25, -0.2) is 0 Å². The van der Waals surface area contributed by atoms with Crippen LogP contribution in [0.3, 0.4) is 0 Å². The van der Waals surface area contributed by atoms with Gasteiger partial charge in [0.25, 0.3) is 0 Å². The molecule has 0 unspecified atom stereocenters. The minimum absolute atomic E-state index is 0. The Morgan fingerprint density at radius 3 is 2.24 bits per heavy atom. The molecule has 0 amide bonds. The molecule has 150 valence electrons. The summed E-state index contributed by atoms with van der Waals surface area (Å²) in [6.45, 7) is 10.5. The van der Waals surface area contributed by atoms with E-state index in [1.54, 1.807) is 0 Å². The molecule has 1 aliphatic carbocycles. The van der Waals surface area contributed by atoms with Gasteiger partial charge in [0.15, 0.2) is 5.96 Å². The van der Waals surface area contributed by atoms with Gasteiger partial charge in [-0.05, 0) is 45.3 Å². The number of nitrogens with zero attached hydrogens (tertiary/aromatic N) is 2. The first-order valence-corrected chi connectivity index (χ1v) is 10.1. The van der Waals surface area contributed by atoms with Gasteiger partial charge in [0, 0.05) is 20.1 Å². The number of halogens is 1. The Balaban J connectivity index is 0.00000576. The summed E-state index contributed by atoms with van der Waals surface area (Å²) in [4.78, 5) is 6.75. The van der Waals surface area contributed by atoms with Crippen LogP contribution in [0.5, 0.6) is 0 Å². The summed E-state index contributed by atoms with van der Waals surface area (Å²) in [5.74, 6) is 0.891. The van der Waals surface area contributed by atoms with Crippen molar-refractivity contribution >= 4 is 29.9 Å². The lowest BCUT2D eigenvalue weighted by Crippen LogP contribution is -2.39. The number of unbranched alkanes of at least 4 members (excludes halogenated alkanes) is 1. The second-order valence-electron chi connectivity index (χ2n) is 6.64. The maximum Gasteiger partial charge on any atom is 0.191 e. The van der Waals surface area contributed by atoms with Gasteiger partial charge in [0.2, 0.25) is 0 Å². The first-order valence-electron chi connectivity index (χ1n) is 10.1. The average molecular weight is 468 g/mol. The summed E-state index contributed by atoms with van der Waals surface area (Å²) in [6.07, 6.45) is 10.8. The maximum atomic E-state index is 6.00. The molecule has 0 aliphatic heterocycles. The van der Waals surface area contributed by atoms with E-state index in [-0.39, 0.29) is 24.0 Å². The molecular formula is C19H41IN4O. The Morgan fingerprint density at radius 1 is 1.00 bits per heavy atom. The van der Waals surface area contributed by atoms with E-state index < -0.39 is 0 Å². The molecule has 2 N–H and O–H groups in total. The van der Waals surface area contributed by atoms with Crippen molar-refractivity contribution in [3.05, 3.63) is 0 Å². The molecule has 0 aromatic heterocycles. The topological polar surface area (TPSA) is 48.9 Å². The third-order valence-corrected chi connectivity index (χ3v) is 4.86. The van der Waals surface area contributed by atoms with Crippen molar-refractivity contribution in [2.24, 2.45) is 4.99 Å². The Bertz CT molecular complexity index is 317. The van der Waals surface area contributed by atoms with Crippen molar-refractivity contribution in [1.82, 2.24) is 15.5 Å². The molecule has 1 fully saturated rings. The molecule has 1 saturated carbocycles. The normalized spacial score (nSPS) is 16.4. The second-order valence-corrected chi connectivity index (χ2v) is 6.64. The molecule has 0 heterocycles. The number of ether oxygens (including phenoxy) is 1. The van der Waals surface area contributed by atoms with E-state index in [2.05, 4.69) is 34.4 Å². The Kier molecular flexibility index (Phi) is 17.3. The Morgan fingerprint density at radius 2 is 1.64 bits per heavy atom. The number of guanidine groups is 1. The van der Waals surface area contributed by atoms with Crippen LogP contribution in [0.25, 0.3) is 0 Å². The average Bonchev–Trinajstić information content (AvgIpc) is 2.88. The van der Waals surface area contributed by atoms with Crippen LogP contribution in [0.1, 0.15) is 65.2 Å². The third kappa shape index (κ3) is 12.8. The molecule has 5 nitrogen and oxygen atoms in total. The summed E-state index contributed by atoms with van der Waals surface area (Å²) < 4.78 is 6.00. The summed E-state index contributed by atoms with van der Waals surface area (Å²) >= 11 is 0. The van der Waals surface area contributed by atoms with Crippen LogP contribution in [-0.4, -0.2) is 63.3 Å². The number of aliphatic imine (C=N–C) groups is 1. The van der Waals surface area contributed by atoms with Gasteiger partial charge in [-0.15, -0.1) is 24.0 Å². The molecule has 0 saturated heterocycles. The van der Waals surface area contributed by atoms with Gasteiger partial charge in [-0.3, -0.25) is 4.99 Å². The van der Waals surface area contributed by atoms with Gasteiger partial charge >= 0.3 is 0 Å². The molecule has 0 radical (unpaired) electrons. The van der Waals surface area contributed by atoms with E-state index in [0.717, 1.165) is 38.7 Å². The fourth-order valence-corrected chi connectivity index (χ4v) is 3.23. The van der Waals surface area contributed by atoms with E-state index >= 15 is 0 Å². The zero-order chi connectivity index (χ0) is 17.5. The number of hydrogen-bond donors (Lipinski definition) is 2. The largest absolute Gasteiger partial charge is 0.376 e. The molecule has 0 bridgehead atoms. The molecule has 6 heteroatoms. The van der Waals surface area contributed by atoms with Crippen LogP contribution in [0.4, 0.5) is 0 Å². The quantitative estimate of drug-likeness (QED) is 0.160. The Labute approximate surface area is 172 Å². The van der Waals surface area contributed by atoms with Crippen molar-refractivity contribution in [1.29, 1.82) is 0 Å². The van der Waals surface area contributed by atoms with Crippen molar-refractivity contribution < 1.29 is 4.74 Å². The van der Waals surface area contributed by atoms with Gasteiger partial charge in [-0.2, -0.15) is 0 Å². The van der Waals surface area contributed by atoms with Gasteiger partial charge in [0.05, 0.1) is 12.7 Å². The molecule has 1 rings (SSSR count). The highest BCUT2D eigenvalue weighted by Crippen LogP contribution is 2.19. The first kappa shape index (κ1) is 24.9. The summed E-state index contributed by atoms with van der Waals surface area (Å²) in [6, 6.07) is 0. The predicted molar refractivity (Wildman–Crippen MR) is 119 cm³/mol. The zero-order valence-electron chi connectivity index (χ0n) is 16.7. The van der Waals surface area contributed by atoms with E-state index in [4.69, 9.17) is 4.74 Å². The van der Waals surface area contributed by atoms with Gasteiger partial charge in [0.1, 0.15) is 0 Å². The molecule has 0 aromatic rings. The molecule has 0 aromatic carbocycles. The second kappa shape index (κ2) is 17.3. The van der Waals surface area contributed by atoms with Crippen LogP contribution in [0.2, 0.25) is 0 Å². The van der Waals surface area contributed by atoms with Gasteiger partial charge in [-0.1, -0.05) is 39.5 Å². The smallest absolute Gasteiger partial charge is 0.191 e. The van der Waals surface area contributed by atoms with Crippen molar-refractivity contribution in [3.63, 3.8) is 0 Å². The fraction of sp³-hybridized carbons (Fsp3) is 0.947. The fourth-order valence-electron chi connectivity index (χ4n) is 3.23. The highest BCUT2D eigenvalue weighted by Gasteiger charge is 2.12. The lowest BCUT2D eigenvalue weighted by Gasteiger charge is -2.18. The summed E-state index contributed by atoms with van der Waals surface area (Å²) in [5, 5.41) is 6.74. The standard InChI is InChI=1S/C19H40N4O.HI/c1-4-23(5-2)16-11-10-14-21-19(20-3)22-15-17-24-18-12-8-6-7-9-13-18;/h18H,4-17H2,1-3H3,(H2,20,21,22);1H. The van der Waals surface area contributed by atoms with Crippen molar-refractivity contribution in [3.8, 4) is 0 Å². The van der Waals surface area contributed by atoms with E-state index in [9.17, 15) is 0 Å². The number of hydrogen-bond acceptors (Lipinski definition) is 3. The van der Waals surface area contributed by atoms with Crippen LogP contribution < -0.4 is 10.6 Å². The minimum Gasteiger partial charge on any atom is -0.376 e.